The Balaban J connectivity index is 2.09. The van der Waals surface area contributed by atoms with Gasteiger partial charge >= 0.3 is 0 Å². The van der Waals surface area contributed by atoms with Crippen LogP contribution >= 0.6 is 0 Å². The second-order valence-electron chi connectivity index (χ2n) is 9.19. The molecule has 0 aliphatic heterocycles. The summed E-state index contributed by atoms with van der Waals surface area (Å²) in [5.74, 6) is 0.213. The van der Waals surface area contributed by atoms with Crippen molar-refractivity contribution in [2.45, 2.75) is 38.3 Å². The lowest BCUT2D eigenvalue weighted by molar-refractivity contribution is -0.139. The van der Waals surface area contributed by atoms with Gasteiger partial charge in [0, 0.05) is 19.7 Å². The summed E-state index contributed by atoms with van der Waals surface area (Å²) in [6, 6.07) is 17.3. The monoisotopic (exact) mass is 583 g/mol. The van der Waals surface area contributed by atoms with Gasteiger partial charge in [0.25, 0.3) is 10.0 Å². The number of likely N-dealkylation sites (N-methyl/N-ethyl adjacent to an activating group) is 1. The van der Waals surface area contributed by atoms with Crippen LogP contribution in [0, 0.1) is 6.92 Å². The van der Waals surface area contributed by atoms with Gasteiger partial charge in [-0.15, -0.1) is 0 Å². The molecule has 1 N–H and O–H groups in total. The van der Waals surface area contributed by atoms with Crippen LogP contribution < -0.4 is 23.8 Å². The molecule has 0 saturated carbocycles. The van der Waals surface area contributed by atoms with Gasteiger partial charge in [-0.3, -0.25) is 13.9 Å². The Bertz CT molecular complexity index is 1460. The summed E-state index contributed by atoms with van der Waals surface area (Å²) in [7, 11) is 0.0604. The summed E-state index contributed by atoms with van der Waals surface area (Å²) in [5.41, 5.74) is 2.03. The maximum absolute atomic E-state index is 14.1. The summed E-state index contributed by atoms with van der Waals surface area (Å²) >= 11 is 0. The van der Waals surface area contributed by atoms with Crippen molar-refractivity contribution in [2.24, 2.45) is 0 Å². The average Bonchev–Trinajstić information content (AvgIpc) is 2.98. The number of sulfonamides is 1. The number of hydrogen-bond donors (Lipinski definition) is 1. The number of anilines is 1. The molecule has 220 valence electrons. The standard InChI is InChI=1S/C30H37N3O7S/c1-7-40-25-14-12-24(13-15-25)33(41(36,37)26-16-17-27(38-5)28(18-26)39-6)20-29(34)32(22(3)30(35)31-4)19-23-11-9-8-10-21(23)2/h8-18,22H,7,19-20H2,1-6H3,(H,31,35). The summed E-state index contributed by atoms with van der Waals surface area (Å²) < 4.78 is 45.3. The molecule has 0 fully saturated rings. The Morgan fingerprint density at radius 3 is 2.20 bits per heavy atom. The second kappa shape index (κ2) is 13.9. The fraction of sp³-hybridized carbons (Fsp3) is 0.333. The third-order valence-electron chi connectivity index (χ3n) is 6.67. The number of aryl methyl sites for hydroxylation is 1. The summed E-state index contributed by atoms with van der Waals surface area (Å²) in [4.78, 5) is 27.9. The van der Waals surface area contributed by atoms with Crippen molar-refractivity contribution < 1.29 is 32.2 Å². The van der Waals surface area contributed by atoms with Gasteiger partial charge in [-0.05, 0) is 68.3 Å². The smallest absolute Gasteiger partial charge is 0.264 e. The quantitative estimate of drug-likeness (QED) is 0.326. The molecule has 1 atom stereocenters. The van der Waals surface area contributed by atoms with E-state index in [9.17, 15) is 18.0 Å². The van der Waals surface area contributed by atoms with Crippen LogP contribution in [0.5, 0.6) is 17.2 Å². The molecule has 0 saturated heterocycles. The third kappa shape index (κ3) is 7.29. The SMILES string of the molecule is CCOc1ccc(N(CC(=O)N(Cc2ccccc2C)C(C)C(=O)NC)S(=O)(=O)c2ccc(OC)c(OC)c2)cc1. The maximum Gasteiger partial charge on any atom is 0.264 e. The van der Waals surface area contributed by atoms with Crippen molar-refractivity contribution in [3.8, 4) is 17.2 Å². The number of amides is 2. The Morgan fingerprint density at radius 2 is 1.61 bits per heavy atom. The van der Waals surface area contributed by atoms with Gasteiger partial charge in [-0.1, -0.05) is 24.3 Å². The zero-order chi connectivity index (χ0) is 30.2. The largest absolute Gasteiger partial charge is 0.494 e. The van der Waals surface area contributed by atoms with Gasteiger partial charge in [-0.2, -0.15) is 0 Å². The fourth-order valence-electron chi connectivity index (χ4n) is 4.27. The molecule has 10 nitrogen and oxygen atoms in total. The van der Waals surface area contributed by atoms with E-state index in [-0.39, 0.29) is 28.8 Å². The highest BCUT2D eigenvalue weighted by Gasteiger charge is 2.33. The van der Waals surface area contributed by atoms with Crippen LogP contribution in [-0.2, 0) is 26.2 Å². The van der Waals surface area contributed by atoms with Gasteiger partial charge in [0.1, 0.15) is 18.3 Å². The van der Waals surface area contributed by atoms with Crippen LogP contribution in [-0.4, -0.2) is 65.6 Å². The molecule has 0 aliphatic carbocycles. The van der Waals surface area contributed by atoms with Crippen molar-refractivity contribution in [2.75, 3.05) is 38.7 Å². The molecule has 0 aromatic heterocycles. The predicted octanol–water partition coefficient (Wildman–Crippen LogP) is 3.77. The Labute approximate surface area is 241 Å². The number of nitrogens with one attached hydrogen (secondary N) is 1. The third-order valence-corrected chi connectivity index (χ3v) is 8.44. The summed E-state index contributed by atoms with van der Waals surface area (Å²) in [5, 5.41) is 2.58. The average molecular weight is 584 g/mol. The van der Waals surface area contributed by atoms with E-state index in [2.05, 4.69) is 5.32 Å². The molecule has 2 amide bonds. The van der Waals surface area contributed by atoms with Crippen LogP contribution in [0.25, 0.3) is 0 Å². The van der Waals surface area contributed by atoms with E-state index >= 15 is 0 Å². The zero-order valence-corrected chi connectivity index (χ0v) is 25.0. The van der Waals surface area contributed by atoms with Gasteiger partial charge in [0.2, 0.25) is 11.8 Å². The van der Waals surface area contributed by atoms with Crippen molar-refractivity contribution in [3.05, 3.63) is 77.9 Å². The molecule has 1 unspecified atom stereocenters. The molecule has 41 heavy (non-hydrogen) atoms. The minimum absolute atomic E-state index is 0.0957. The number of benzene rings is 3. The zero-order valence-electron chi connectivity index (χ0n) is 24.2. The Kier molecular flexibility index (Phi) is 10.6. The lowest BCUT2D eigenvalue weighted by Crippen LogP contribution is -2.50. The molecular weight excluding hydrogens is 546 g/mol. The minimum atomic E-state index is -4.29. The fourth-order valence-corrected chi connectivity index (χ4v) is 5.70. The number of nitrogens with zero attached hydrogens (tertiary/aromatic N) is 2. The van der Waals surface area contributed by atoms with Crippen LogP contribution in [0.2, 0.25) is 0 Å². The maximum atomic E-state index is 14.1. The highest BCUT2D eigenvalue weighted by Crippen LogP contribution is 2.33. The lowest BCUT2D eigenvalue weighted by Gasteiger charge is -2.32. The van der Waals surface area contributed by atoms with Crippen LogP contribution in [0.1, 0.15) is 25.0 Å². The number of hydrogen-bond acceptors (Lipinski definition) is 7. The van der Waals surface area contributed by atoms with E-state index in [0.29, 0.717) is 18.1 Å². The van der Waals surface area contributed by atoms with E-state index in [0.717, 1.165) is 15.4 Å². The van der Waals surface area contributed by atoms with Gasteiger partial charge in [0.05, 0.1) is 31.4 Å². The van der Waals surface area contributed by atoms with Crippen LogP contribution in [0.3, 0.4) is 0 Å². The molecule has 0 radical (unpaired) electrons. The number of ether oxygens (including phenoxy) is 3. The minimum Gasteiger partial charge on any atom is -0.494 e. The first kappa shape index (κ1) is 31.3. The topological polar surface area (TPSA) is 114 Å². The van der Waals surface area contributed by atoms with E-state index in [4.69, 9.17) is 14.2 Å². The van der Waals surface area contributed by atoms with E-state index in [1.54, 1.807) is 31.2 Å². The van der Waals surface area contributed by atoms with Crippen LogP contribution in [0.15, 0.2) is 71.6 Å². The van der Waals surface area contributed by atoms with Gasteiger partial charge in [0.15, 0.2) is 11.5 Å². The number of carbonyl (C=O) groups excluding carboxylic acids is 2. The number of rotatable bonds is 13. The first-order valence-electron chi connectivity index (χ1n) is 13.1. The molecule has 0 heterocycles. The first-order valence-corrected chi connectivity index (χ1v) is 14.5. The highest BCUT2D eigenvalue weighted by atomic mass is 32.2. The predicted molar refractivity (Wildman–Crippen MR) is 157 cm³/mol. The van der Waals surface area contributed by atoms with E-state index in [1.807, 2.05) is 38.1 Å². The molecule has 3 rings (SSSR count). The molecule has 3 aromatic rings. The molecular formula is C30H37N3O7S. The van der Waals surface area contributed by atoms with Crippen molar-refractivity contribution in [1.82, 2.24) is 10.2 Å². The summed E-state index contributed by atoms with van der Waals surface area (Å²) in [6.07, 6.45) is 0. The van der Waals surface area contributed by atoms with Crippen molar-refractivity contribution in [3.63, 3.8) is 0 Å². The summed E-state index contributed by atoms with van der Waals surface area (Å²) in [6.45, 7) is 5.37. The Hall–Kier alpha value is -4.25. The van der Waals surface area contributed by atoms with Crippen molar-refractivity contribution in [1.29, 1.82) is 0 Å². The Morgan fingerprint density at radius 1 is 0.951 bits per heavy atom. The second-order valence-corrected chi connectivity index (χ2v) is 11.1. The lowest BCUT2D eigenvalue weighted by atomic mass is 10.1. The van der Waals surface area contributed by atoms with E-state index < -0.39 is 28.5 Å². The first-order chi connectivity index (χ1) is 19.6. The number of carbonyl (C=O) groups is 2. The van der Waals surface area contributed by atoms with E-state index in [1.165, 1.54) is 44.4 Å². The molecule has 0 spiro atoms. The highest BCUT2D eigenvalue weighted by molar-refractivity contribution is 7.92. The van der Waals surface area contributed by atoms with Crippen molar-refractivity contribution >= 4 is 27.5 Å². The number of methoxy groups -OCH3 is 2. The molecule has 3 aromatic carbocycles. The molecule has 0 aliphatic rings. The molecule has 0 bridgehead atoms. The van der Waals surface area contributed by atoms with Gasteiger partial charge in [-0.25, -0.2) is 8.42 Å². The van der Waals surface area contributed by atoms with Gasteiger partial charge < -0.3 is 24.4 Å². The molecule has 11 heteroatoms. The van der Waals surface area contributed by atoms with Crippen LogP contribution in [0.4, 0.5) is 5.69 Å². The normalized spacial score (nSPS) is 11.8.